The van der Waals surface area contributed by atoms with Crippen LogP contribution in [-0.2, 0) is 9.47 Å². The molecule has 1 atom stereocenters. The zero-order valence-electron chi connectivity index (χ0n) is 21.3. The van der Waals surface area contributed by atoms with Crippen molar-refractivity contribution >= 4 is 0 Å². The molecule has 0 bridgehead atoms. The Hall–Kier alpha value is -2.10. The van der Waals surface area contributed by atoms with Crippen LogP contribution in [0.1, 0.15) is 83.5 Å². The molecule has 186 valence electrons. The first-order valence-corrected chi connectivity index (χ1v) is 13.4. The second kappa shape index (κ2) is 15.0. The van der Waals surface area contributed by atoms with Gasteiger partial charge in [0.25, 0.3) is 0 Å². The van der Waals surface area contributed by atoms with Crippen LogP contribution in [-0.4, -0.2) is 19.8 Å². The molecule has 0 radical (unpaired) electrons. The highest BCUT2D eigenvalue weighted by atomic mass is 16.7. The lowest BCUT2D eigenvalue weighted by molar-refractivity contribution is -0.206. The summed E-state index contributed by atoms with van der Waals surface area (Å²) < 4.78 is 18.0. The largest absolute Gasteiger partial charge is 0.494 e. The molecule has 1 saturated heterocycles. The SMILES string of the molecule is C=CCCCCCCC1COC(c2ccc(-c3ccc(OCCC[C@@H](C)CC)cc3)cc2)OC1. The van der Waals surface area contributed by atoms with Crippen molar-refractivity contribution in [2.24, 2.45) is 11.8 Å². The number of ether oxygens (including phenoxy) is 3. The lowest BCUT2D eigenvalue weighted by atomic mass is 10.0. The van der Waals surface area contributed by atoms with E-state index in [1.807, 2.05) is 6.08 Å². The van der Waals surface area contributed by atoms with Crippen LogP contribution < -0.4 is 4.74 Å². The maximum absolute atomic E-state index is 6.05. The predicted octanol–water partition coefficient (Wildman–Crippen LogP) is 8.75. The summed E-state index contributed by atoms with van der Waals surface area (Å²) in [6.07, 6.45) is 12.8. The normalized spacial score (nSPS) is 19.0. The summed E-state index contributed by atoms with van der Waals surface area (Å²) in [5.41, 5.74) is 3.47. The monoisotopic (exact) mass is 464 g/mol. The van der Waals surface area contributed by atoms with Crippen LogP contribution in [0, 0.1) is 11.8 Å². The van der Waals surface area contributed by atoms with E-state index in [2.05, 4.69) is 69.0 Å². The summed E-state index contributed by atoms with van der Waals surface area (Å²) in [4.78, 5) is 0. The minimum Gasteiger partial charge on any atom is -0.494 e. The second-order valence-electron chi connectivity index (χ2n) is 9.80. The summed E-state index contributed by atoms with van der Waals surface area (Å²) in [6, 6.07) is 17.0. The van der Waals surface area contributed by atoms with Gasteiger partial charge in [-0.15, -0.1) is 6.58 Å². The quantitative estimate of drug-likeness (QED) is 0.195. The molecule has 0 spiro atoms. The van der Waals surface area contributed by atoms with E-state index in [4.69, 9.17) is 14.2 Å². The van der Waals surface area contributed by atoms with Gasteiger partial charge in [-0.05, 0) is 61.3 Å². The minimum atomic E-state index is -0.246. The number of allylic oxidation sites excluding steroid dienone is 1. The summed E-state index contributed by atoms with van der Waals surface area (Å²) in [7, 11) is 0. The molecular formula is C31H44O3. The highest BCUT2D eigenvalue weighted by Crippen LogP contribution is 2.30. The lowest BCUT2D eigenvalue weighted by Gasteiger charge is -2.29. The molecule has 1 aliphatic heterocycles. The lowest BCUT2D eigenvalue weighted by Crippen LogP contribution is -2.27. The molecule has 1 aliphatic rings. The molecule has 3 nitrogen and oxygen atoms in total. The summed E-state index contributed by atoms with van der Waals surface area (Å²) in [6.45, 7) is 10.7. The average molecular weight is 465 g/mol. The fourth-order valence-corrected chi connectivity index (χ4v) is 4.38. The first-order valence-electron chi connectivity index (χ1n) is 13.4. The summed E-state index contributed by atoms with van der Waals surface area (Å²) >= 11 is 0. The van der Waals surface area contributed by atoms with Gasteiger partial charge in [0.2, 0.25) is 0 Å². The van der Waals surface area contributed by atoms with Crippen molar-refractivity contribution in [2.75, 3.05) is 19.8 Å². The van der Waals surface area contributed by atoms with Crippen molar-refractivity contribution in [1.82, 2.24) is 0 Å². The molecule has 2 aromatic carbocycles. The standard InChI is InChI=1S/C31H44O3/c1-4-6-7-8-9-10-13-26-23-33-31(34-24-26)29-16-14-27(15-17-29)28-18-20-30(21-19-28)32-22-11-12-25(3)5-2/h4,14-21,25-26,31H,1,5-13,22-24H2,2-3H3/t25-,26?,31?/m0/s1. The number of hydrogen-bond donors (Lipinski definition) is 0. The van der Waals surface area contributed by atoms with Crippen molar-refractivity contribution < 1.29 is 14.2 Å². The molecule has 0 N–H and O–H groups in total. The molecule has 3 heteroatoms. The van der Waals surface area contributed by atoms with Gasteiger partial charge in [-0.2, -0.15) is 0 Å². The predicted molar refractivity (Wildman–Crippen MR) is 142 cm³/mol. The van der Waals surface area contributed by atoms with Gasteiger partial charge in [0.05, 0.1) is 19.8 Å². The Bertz CT molecular complexity index is 804. The van der Waals surface area contributed by atoms with Gasteiger partial charge in [-0.1, -0.05) is 82.0 Å². The molecule has 1 heterocycles. The Morgan fingerprint density at radius 2 is 1.56 bits per heavy atom. The van der Waals surface area contributed by atoms with E-state index in [0.717, 1.165) is 49.9 Å². The third-order valence-electron chi connectivity index (χ3n) is 6.91. The Morgan fingerprint density at radius 1 is 0.912 bits per heavy atom. The van der Waals surface area contributed by atoms with Crippen LogP contribution in [0.15, 0.2) is 61.2 Å². The van der Waals surface area contributed by atoms with Crippen molar-refractivity contribution in [1.29, 1.82) is 0 Å². The number of unbranched alkanes of at least 4 members (excludes halogenated alkanes) is 4. The Balaban J connectivity index is 1.39. The van der Waals surface area contributed by atoms with Gasteiger partial charge in [0.15, 0.2) is 6.29 Å². The molecule has 1 fully saturated rings. The van der Waals surface area contributed by atoms with Crippen LogP contribution in [0.5, 0.6) is 5.75 Å². The van der Waals surface area contributed by atoms with Crippen LogP contribution in [0.3, 0.4) is 0 Å². The van der Waals surface area contributed by atoms with Crippen LogP contribution in [0.2, 0.25) is 0 Å². The van der Waals surface area contributed by atoms with Crippen molar-refractivity contribution in [3.63, 3.8) is 0 Å². The molecule has 2 aromatic rings. The summed E-state index contributed by atoms with van der Waals surface area (Å²) in [5, 5.41) is 0. The Kier molecular flexibility index (Phi) is 11.7. The smallest absolute Gasteiger partial charge is 0.183 e. The first-order chi connectivity index (χ1) is 16.7. The van der Waals surface area contributed by atoms with Gasteiger partial charge in [-0.25, -0.2) is 0 Å². The van der Waals surface area contributed by atoms with E-state index in [1.54, 1.807) is 0 Å². The van der Waals surface area contributed by atoms with Gasteiger partial charge in [-0.3, -0.25) is 0 Å². The fraction of sp³-hybridized carbons (Fsp3) is 0.548. The van der Waals surface area contributed by atoms with Gasteiger partial charge < -0.3 is 14.2 Å². The third-order valence-corrected chi connectivity index (χ3v) is 6.91. The number of benzene rings is 2. The van der Waals surface area contributed by atoms with Crippen LogP contribution in [0.25, 0.3) is 11.1 Å². The molecule has 3 rings (SSSR count). The van der Waals surface area contributed by atoms with E-state index >= 15 is 0 Å². The van der Waals surface area contributed by atoms with Gasteiger partial charge in [0.1, 0.15) is 5.75 Å². The third kappa shape index (κ3) is 8.92. The molecule has 0 amide bonds. The van der Waals surface area contributed by atoms with E-state index in [1.165, 1.54) is 56.1 Å². The number of hydrogen-bond acceptors (Lipinski definition) is 3. The van der Waals surface area contributed by atoms with E-state index in [-0.39, 0.29) is 6.29 Å². The first kappa shape index (κ1) is 26.5. The van der Waals surface area contributed by atoms with Crippen LogP contribution >= 0.6 is 0 Å². The topological polar surface area (TPSA) is 27.7 Å². The average Bonchev–Trinajstić information content (AvgIpc) is 2.89. The van der Waals surface area contributed by atoms with Gasteiger partial charge in [0, 0.05) is 11.5 Å². The van der Waals surface area contributed by atoms with Crippen LogP contribution in [0.4, 0.5) is 0 Å². The molecule has 0 saturated carbocycles. The maximum atomic E-state index is 6.05. The number of rotatable bonds is 15. The summed E-state index contributed by atoms with van der Waals surface area (Å²) in [5.74, 6) is 2.24. The Morgan fingerprint density at radius 3 is 2.21 bits per heavy atom. The van der Waals surface area contributed by atoms with Gasteiger partial charge >= 0.3 is 0 Å². The molecule has 0 aliphatic carbocycles. The Labute approximate surface area is 207 Å². The molecule has 0 unspecified atom stereocenters. The highest BCUT2D eigenvalue weighted by molar-refractivity contribution is 5.64. The highest BCUT2D eigenvalue weighted by Gasteiger charge is 2.23. The zero-order valence-corrected chi connectivity index (χ0v) is 21.3. The molecule has 0 aromatic heterocycles. The van der Waals surface area contributed by atoms with E-state index in [0.29, 0.717) is 5.92 Å². The minimum absolute atomic E-state index is 0.246. The van der Waals surface area contributed by atoms with E-state index in [9.17, 15) is 0 Å². The molecule has 34 heavy (non-hydrogen) atoms. The second-order valence-corrected chi connectivity index (χ2v) is 9.80. The van der Waals surface area contributed by atoms with Crippen molar-refractivity contribution in [3.05, 3.63) is 66.7 Å². The van der Waals surface area contributed by atoms with Crippen molar-refractivity contribution in [3.8, 4) is 16.9 Å². The molecular weight excluding hydrogens is 420 g/mol. The van der Waals surface area contributed by atoms with E-state index < -0.39 is 0 Å². The van der Waals surface area contributed by atoms with Crippen molar-refractivity contribution in [2.45, 2.75) is 77.9 Å². The maximum Gasteiger partial charge on any atom is 0.183 e. The fourth-order valence-electron chi connectivity index (χ4n) is 4.38. The zero-order chi connectivity index (χ0) is 24.0.